The summed E-state index contributed by atoms with van der Waals surface area (Å²) in [5, 5.41) is 18.0. The molecule has 2 aromatic rings. The molecule has 0 amide bonds. The lowest BCUT2D eigenvalue weighted by atomic mass is 10.1. The molecule has 122 valence electrons. The van der Waals surface area contributed by atoms with Crippen LogP contribution in [0.25, 0.3) is 6.08 Å². The van der Waals surface area contributed by atoms with E-state index in [1.54, 1.807) is 24.3 Å². The first-order chi connectivity index (χ1) is 11.5. The Labute approximate surface area is 140 Å². The van der Waals surface area contributed by atoms with Crippen LogP contribution in [0.2, 0.25) is 0 Å². The summed E-state index contributed by atoms with van der Waals surface area (Å²) in [6.07, 6.45) is 1.27. The fraction of sp³-hybridized carbons (Fsp3) is 0.158. The van der Waals surface area contributed by atoms with Crippen LogP contribution in [-0.4, -0.2) is 18.2 Å². The summed E-state index contributed by atoms with van der Waals surface area (Å²) in [6.45, 7) is 2.31. The van der Waals surface area contributed by atoms with E-state index in [0.717, 1.165) is 11.1 Å². The molecule has 0 saturated heterocycles. The van der Waals surface area contributed by atoms with Crippen molar-refractivity contribution in [3.05, 3.63) is 64.7 Å². The molecule has 0 fully saturated rings. The van der Waals surface area contributed by atoms with Crippen LogP contribution in [0.4, 0.5) is 0 Å². The van der Waals surface area contributed by atoms with Gasteiger partial charge in [0.25, 0.3) is 0 Å². The quantitative estimate of drug-likeness (QED) is 0.649. The van der Waals surface area contributed by atoms with Gasteiger partial charge in [-0.3, -0.25) is 0 Å². The van der Waals surface area contributed by atoms with Gasteiger partial charge in [0.2, 0.25) is 0 Å². The fourth-order valence-electron chi connectivity index (χ4n) is 2.10. The third kappa shape index (κ3) is 4.14. The number of aliphatic carboxylic acids is 1. The highest BCUT2D eigenvalue weighted by atomic mass is 16.5. The molecule has 5 heteroatoms. The van der Waals surface area contributed by atoms with Gasteiger partial charge in [0.05, 0.1) is 7.11 Å². The van der Waals surface area contributed by atoms with Crippen LogP contribution >= 0.6 is 0 Å². The summed E-state index contributed by atoms with van der Waals surface area (Å²) in [4.78, 5) is 11.0. The lowest BCUT2D eigenvalue weighted by molar-refractivity contribution is -0.132. The second-order valence-electron chi connectivity index (χ2n) is 5.13. The topological polar surface area (TPSA) is 79.5 Å². The highest BCUT2D eigenvalue weighted by Gasteiger charge is 2.13. The third-order valence-electron chi connectivity index (χ3n) is 3.38. The summed E-state index contributed by atoms with van der Waals surface area (Å²) < 4.78 is 11.1. The van der Waals surface area contributed by atoms with E-state index in [9.17, 15) is 4.79 Å². The van der Waals surface area contributed by atoms with Gasteiger partial charge in [-0.15, -0.1) is 0 Å². The maximum atomic E-state index is 11.0. The monoisotopic (exact) mass is 323 g/mol. The number of methoxy groups -OCH3 is 1. The Hall–Kier alpha value is -3.26. The van der Waals surface area contributed by atoms with Gasteiger partial charge < -0.3 is 14.6 Å². The van der Waals surface area contributed by atoms with E-state index in [4.69, 9.17) is 19.8 Å². The number of hydrogen-bond acceptors (Lipinski definition) is 4. The average Bonchev–Trinajstić information content (AvgIpc) is 2.59. The van der Waals surface area contributed by atoms with Crippen LogP contribution in [0, 0.1) is 18.3 Å². The predicted molar refractivity (Wildman–Crippen MR) is 89.7 cm³/mol. The number of hydrogen-bond donors (Lipinski definition) is 1. The molecule has 0 aliphatic rings. The molecule has 2 aromatic carbocycles. The third-order valence-corrected chi connectivity index (χ3v) is 3.38. The van der Waals surface area contributed by atoms with Crippen molar-refractivity contribution < 1.29 is 19.4 Å². The van der Waals surface area contributed by atoms with Crippen molar-refractivity contribution in [1.29, 1.82) is 5.26 Å². The molecule has 0 radical (unpaired) electrons. The Bertz CT molecular complexity index is 801. The minimum Gasteiger partial charge on any atom is -0.493 e. The molecule has 2 rings (SSSR count). The number of nitrogens with zero attached hydrogens (tertiary/aromatic N) is 1. The summed E-state index contributed by atoms with van der Waals surface area (Å²) in [7, 11) is 1.50. The molecule has 0 saturated carbocycles. The van der Waals surface area contributed by atoms with Crippen molar-refractivity contribution in [2.24, 2.45) is 0 Å². The molecule has 0 heterocycles. The second kappa shape index (κ2) is 7.84. The lowest BCUT2D eigenvalue weighted by Crippen LogP contribution is -2.01. The maximum absolute atomic E-state index is 11.0. The molecule has 0 unspecified atom stereocenters. The van der Waals surface area contributed by atoms with Crippen LogP contribution in [-0.2, 0) is 11.4 Å². The van der Waals surface area contributed by atoms with Crippen LogP contribution in [0.1, 0.15) is 16.7 Å². The van der Waals surface area contributed by atoms with Crippen molar-refractivity contribution in [2.45, 2.75) is 13.5 Å². The molecule has 5 nitrogen and oxygen atoms in total. The Morgan fingerprint density at radius 1 is 1.25 bits per heavy atom. The standard InChI is InChI=1S/C19H17NO4/c1-13-6-8-14(9-7-13)12-24-18-15(4-3-5-17(18)23-2)10-16(11-20)19(21)22/h3-10H,12H2,1-2H3,(H,21,22). The molecular weight excluding hydrogens is 306 g/mol. The van der Waals surface area contributed by atoms with Crippen molar-refractivity contribution in [3.8, 4) is 17.6 Å². The minimum atomic E-state index is -1.29. The van der Waals surface area contributed by atoms with Gasteiger partial charge in [0, 0.05) is 5.56 Å². The predicted octanol–water partition coefficient (Wildman–Crippen LogP) is 3.57. The number of carboxylic acid groups (broad SMARTS) is 1. The molecule has 1 N–H and O–H groups in total. The minimum absolute atomic E-state index is 0.302. The molecule has 0 atom stereocenters. The number of nitriles is 1. The van der Waals surface area contributed by atoms with E-state index < -0.39 is 5.97 Å². The Balaban J connectivity index is 2.35. The van der Waals surface area contributed by atoms with Crippen molar-refractivity contribution in [3.63, 3.8) is 0 Å². The zero-order valence-corrected chi connectivity index (χ0v) is 13.4. The van der Waals surface area contributed by atoms with E-state index in [1.807, 2.05) is 31.2 Å². The Morgan fingerprint density at radius 2 is 1.96 bits per heavy atom. The maximum Gasteiger partial charge on any atom is 0.346 e. The second-order valence-corrected chi connectivity index (χ2v) is 5.13. The van der Waals surface area contributed by atoms with Gasteiger partial charge in [0.15, 0.2) is 11.5 Å². The number of rotatable bonds is 6. The molecule has 24 heavy (non-hydrogen) atoms. The highest BCUT2D eigenvalue weighted by molar-refractivity contribution is 5.97. The zero-order chi connectivity index (χ0) is 17.5. The van der Waals surface area contributed by atoms with Gasteiger partial charge >= 0.3 is 5.97 Å². The fourth-order valence-corrected chi connectivity index (χ4v) is 2.10. The van der Waals surface area contributed by atoms with Gasteiger partial charge in [-0.25, -0.2) is 4.79 Å². The summed E-state index contributed by atoms with van der Waals surface area (Å²) in [5.74, 6) is -0.419. The van der Waals surface area contributed by atoms with Gasteiger partial charge in [-0.05, 0) is 24.6 Å². The molecular formula is C19H17NO4. The molecule has 0 aliphatic carbocycles. The largest absolute Gasteiger partial charge is 0.493 e. The molecule has 0 aromatic heterocycles. The molecule has 0 aliphatic heterocycles. The van der Waals surface area contributed by atoms with Gasteiger partial charge in [-0.1, -0.05) is 42.0 Å². The smallest absolute Gasteiger partial charge is 0.346 e. The first-order valence-corrected chi connectivity index (χ1v) is 7.25. The Kier molecular flexibility index (Phi) is 5.58. The number of carbonyl (C=O) groups is 1. The average molecular weight is 323 g/mol. The summed E-state index contributed by atoms with van der Waals surface area (Å²) in [6, 6.07) is 14.6. The Morgan fingerprint density at radius 3 is 2.54 bits per heavy atom. The summed E-state index contributed by atoms with van der Waals surface area (Å²) in [5.41, 5.74) is 2.23. The number of ether oxygens (including phenoxy) is 2. The van der Waals surface area contributed by atoms with E-state index in [-0.39, 0.29) is 5.57 Å². The van der Waals surface area contributed by atoms with E-state index in [2.05, 4.69) is 0 Å². The van der Waals surface area contributed by atoms with E-state index in [0.29, 0.717) is 23.7 Å². The first kappa shape index (κ1) is 17.1. The van der Waals surface area contributed by atoms with Crippen molar-refractivity contribution >= 4 is 12.0 Å². The lowest BCUT2D eigenvalue weighted by Gasteiger charge is -2.13. The zero-order valence-electron chi connectivity index (χ0n) is 13.4. The van der Waals surface area contributed by atoms with Gasteiger partial charge in [-0.2, -0.15) is 5.26 Å². The van der Waals surface area contributed by atoms with Crippen LogP contribution in [0.15, 0.2) is 48.0 Å². The van der Waals surface area contributed by atoms with Crippen molar-refractivity contribution in [2.75, 3.05) is 7.11 Å². The van der Waals surface area contributed by atoms with E-state index in [1.165, 1.54) is 13.2 Å². The number of benzene rings is 2. The number of carboxylic acids is 1. The normalized spacial score (nSPS) is 10.8. The highest BCUT2D eigenvalue weighted by Crippen LogP contribution is 2.33. The first-order valence-electron chi connectivity index (χ1n) is 7.25. The SMILES string of the molecule is COc1cccc(C=C(C#N)C(=O)O)c1OCc1ccc(C)cc1. The molecule has 0 bridgehead atoms. The number of para-hydroxylation sites is 1. The van der Waals surface area contributed by atoms with E-state index >= 15 is 0 Å². The summed E-state index contributed by atoms with van der Waals surface area (Å²) >= 11 is 0. The molecule has 0 spiro atoms. The van der Waals surface area contributed by atoms with Crippen LogP contribution < -0.4 is 9.47 Å². The number of aryl methyl sites for hydroxylation is 1. The van der Waals surface area contributed by atoms with Crippen LogP contribution in [0.3, 0.4) is 0 Å². The van der Waals surface area contributed by atoms with Crippen molar-refractivity contribution in [1.82, 2.24) is 0 Å². The van der Waals surface area contributed by atoms with Crippen LogP contribution in [0.5, 0.6) is 11.5 Å². The van der Waals surface area contributed by atoms with Gasteiger partial charge in [0.1, 0.15) is 18.2 Å².